The number of nitrogens with zero attached hydrogens (tertiary/aromatic N) is 3. The highest BCUT2D eigenvalue weighted by Gasteiger charge is 2.49. The van der Waals surface area contributed by atoms with Crippen LogP contribution in [0.4, 0.5) is 30.8 Å². The summed E-state index contributed by atoms with van der Waals surface area (Å²) in [6, 6.07) is 8.81. The van der Waals surface area contributed by atoms with Crippen LogP contribution in [0.25, 0.3) is 0 Å². The number of carbonyl (C=O) groups is 2. The van der Waals surface area contributed by atoms with Gasteiger partial charge in [0.15, 0.2) is 5.82 Å². The molecule has 13 heteroatoms. The quantitative estimate of drug-likeness (QED) is 0.262. The number of alkyl halides is 3. The predicted molar refractivity (Wildman–Crippen MR) is 151 cm³/mol. The molecule has 2 heterocycles. The number of ether oxygens (including phenoxy) is 1. The number of aromatic nitrogens is 2. The van der Waals surface area contributed by atoms with Gasteiger partial charge in [0, 0.05) is 51.7 Å². The van der Waals surface area contributed by atoms with Crippen LogP contribution in [0.5, 0.6) is 5.75 Å². The smallest absolute Gasteiger partial charge is 0.420 e. The van der Waals surface area contributed by atoms with E-state index in [1.54, 1.807) is 6.07 Å². The van der Waals surface area contributed by atoms with Crippen molar-refractivity contribution in [3.05, 3.63) is 70.6 Å². The normalized spacial score (nSPS) is 19.7. The average Bonchev–Trinajstić information content (AvgIpc) is 3.43. The largest absolute Gasteiger partial charge is 0.487 e. The van der Waals surface area contributed by atoms with Crippen molar-refractivity contribution in [1.29, 1.82) is 0 Å². The van der Waals surface area contributed by atoms with Crippen LogP contribution in [0.2, 0.25) is 0 Å². The number of hydrogen-bond acceptors (Lipinski definition) is 6. The Bertz CT molecular complexity index is 1410. The average molecular weight is 636 g/mol. The van der Waals surface area contributed by atoms with Crippen molar-refractivity contribution in [2.45, 2.75) is 56.3 Å². The van der Waals surface area contributed by atoms with Crippen molar-refractivity contribution >= 4 is 56.7 Å². The van der Waals surface area contributed by atoms with Crippen LogP contribution in [-0.2, 0) is 0 Å². The van der Waals surface area contributed by atoms with Crippen molar-refractivity contribution in [2.24, 2.45) is 0 Å². The van der Waals surface area contributed by atoms with Crippen LogP contribution >= 0.6 is 27.5 Å². The van der Waals surface area contributed by atoms with Gasteiger partial charge in [-0.25, -0.2) is 9.78 Å². The number of fused-ring (bicyclic) bond motifs is 3. The maximum atomic E-state index is 13.2. The number of halogens is 4. The first-order valence-corrected chi connectivity index (χ1v) is 13.8. The lowest BCUT2D eigenvalue weighted by Crippen LogP contribution is -2.51. The molecule has 1 aliphatic heterocycles. The second kappa shape index (κ2) is 11.2. The summed E-state index contributed by atoms with van der Waals surface area (Å²) >= 11 is 8.49. The Morgan fingerprint density at radius 3 is 2.55 bits per heavy atom. The summed E-state index contributed by atoms with van der Waals surface area (Å²) in [6.45, 7) is 4.20. The molecule has 3 amide bonds. The Morgan fingerprint density at radius 1 is 1.15 bits per heavy atom. The highest BCUT2D eigenvalue weighted by molar-refractivity contribution is 9.10. The molecule has 210 valence electrons. The summed E-state index contributed by atoms with van der Waals surface area (Å²) in [6.07, 6.45) is 6.13. The number of carbonyl (C=O) groups excluding carboxylic acids is 2. The lowest BCUT2D eigenvalue weighted by Gasteiger charge is -2.35. The first-order chi connectivity index (χ1) is 19.0. The molecule has 3 N–H and O–H groups in total. The molecule has 40 heavy (non-hydrogen) atoms. The van der Waals surface area contributed by atoms with Crippen molar-refractivity contribution in [3.63, 3.8) is 0 Å². The molecule has 5 rings (SSSR count). The fourth-order valence-corrected chi connectivity index (χ4v) is 6.32. The number of anilines is 3. The Labute approximate surface area is 242 Å². The molecule has 0 bridgehead atoms. The van der Waals surface area contributed by atoms with Crippen LogP contribution in [0.1, 0.15) is 48.5 Å². The van der Waals surface area contributed by atoms with Crippen molar-refractivity contribution < 1.29 is 23.1 Å². The molecule has 1 aliphatic carbocycles. The minimum atomic E-state index is -3.82. The van der Waals surface area contributed by atoms with E-state index in [0.29, 0.717) is 17.1 Å². The first-order valence-electron chi connectivity index (χ1n) is 12.6. The monoisotopic (exact) mass is 634 g/mol. The predicted octanol–water partition coefficient (Wildman–Crippen LogP) is 6.32. The maximum Gasteiger partial charge on any atom is 0.487 e. The fourth-order valence-electron chi connectivity index (χ4n) is 5.55. The fraction of sp³-hybridized carbons (Fsp3) is 0.333. The number of nitrogens with one attached hydrogen (secondary N) is 3. The minimum Gasteiger partial charge on any atom is -0.420 e. The van der Waals surface area contributed by atoms with E-state index >= 15 is 0 Å². The van der Waals surface area contributed by atoms with Gasteiger partial charge < -0.3 is 20.3 Å². The van der Waals surface area contributed by atoms with Crippen molar-refractivity contribution in [2.75, 3.05) is 15.5 Å². The summed E-state index contributed by atoms with van der Waals surface area (Å²) in [7, 11) is 0. The molecule has 1 aromatic heterocycles. The van der Waals surface area contributed by atoms with Gasteiger partial charge in [0.25, 0.3) is 5.91 Å². The SMILES string of the molecule is CC(C)N1c2c(Br)cc(C(=O)Nc3ccc(OC(F)(F)Cl)cc3)cc2C2CCC(NC(=O)Nc3cnccn3)C21. The number of hydrogen-bond donors (Lipinski definition) is 3. The molecular weight excluding hydrogens is 610 g/mol. The Hall–Kier alpha value is -3.51. The van der Waals surface area contributed by atoms with E-state index in [1.807, 2.05) is 6.07 Å². The third-order valence-corrected chi connectivity index (χ3v) is 7.65. The van der Waals surface area contributed by atoms with E-state index < -0.39 is 5.57 Å². The standard InChI is InChI=1S/C27H26BrClF2N6O3/c1-14(2)37-23-19(18-7-8-21(24(18)37)35-26(39)36-22-13-32-9-10-33-22)11-15(12-20(23)28)25(38)34-16-3-5-17(6-4-16)40-27(29,30)31/h3-6,9-14,18,21,24H,7-8H2,1-2H3,(H,34,38)(H2,33,35,36,39). The van der Waals surface area contributed by atoms with Gasteiger partial charge in [0.1, 0.15) is 5.75 Å². The Kier molecular flexibility index (Phi) is 7.83. The molecule has 3 aromatic rings. The van der Waals surface area contributed by atoms with E-state index in [1.165, 1.54) is 42.9 Å². The summed E-state index contributed by atoms with van der Waals surface area (Å²) in [4.78, 5) is 36.3. The van der Waals surface area contributed by atoms with Crippen LogP contribution < -0.4 is 25.6 Å². The molecule has 0 spiro atoms. The van der Waals surface area contributed by atoms with E-state index in [2.05, 4.69) is 65.3 Å². The molecular formula is C27H26BrClF2N6O3. The van der Waals surface area contributed by atoms with Crippen LogP contribution in [0.3, 0.4) is 0 Å². The molecule has 1 saturated carbocycles. The molecule has 0 radical (unpaired) electrons. The van der Waals surface area contributed by atoms with Gasteiger partial charge in [-0.1, -0.05) is 0 Å². The van der Waals surface area contributed by atoms with Gasteiger partial charge in [-0.3, -0.25) is 15.1 Å². The third-order valence-electron chi connectivity index (χ3n) is 6.97. The minimum absolute atomic E-state index is 0.00447. The lowest BCUT2D eigenvalue weighted by molar-refractivity contribution is -0.0964. The third kappa shape index (κ3) is 5.97. The van der Waals surface area contributed by atoms with E-state index in [-0.39, 0.29) is 41.7 Å². The van der Waals surface area contributed by atoms with Gasteiger partial charge in [-0.05, 0) is 84.6 Å². The van der Waals surface area contributed by atoms with Gasteiger partial charge in [-0.15, -0.1) is 8.78 Å². The zero-order chi connectivity index (χ0) is 28.6. The number of benzene rings is 2. The zero-order valence-electron chi connectivity index (χ0n) is 21.5. The van der Waals surface area contributed by atoms with Gasteiger partial charge in [0.2, 0.25) is 0 Å². The molecule has 3 atom stereocenters. The topological polar surface area (TPSA) is 108 Å². The van der Waals surface area contributed by atoms with E-state index in [9.17, 15) is 18.4 Å². The molecule has 2 aromatic carbocycles. The molecule has 9 nitrogen and oxygen atoms in total. The maximum absolute atomic E-state index is 13.2. The molecule has 3 unspecified atom stereocenters. The molecule has 1 fully saturated rings. The highest BCUT2D eigenvalue weighted by Crippen LogP contribution is 2.53. The summed E-state index contributed by atoms with van der Waals surface area (Å²) in [5, 5.41) is 8.63. The molecule has 0 saturated heterocycles. The van der Waals surface area contributed by atoms with Gasteiger partial charge >= 0.3 is 11.6 Å². The Balaban J connectivity index is 1.34. The summed E-state index contributed by atoms with van der Waals surface area (Å²) in [5.74, 6) is -0.0114. The molecule has 2 aliphatic rings. The summed E-state index contributed by atoms with van der Waals surface area (Å²) < 4.78 is 30.8. The van der Waals surface area contributed by atoms with Crippen LogP contribution in [-0.4, -0.2) is 45.6 Å². The van der Waals surface area contributed by atoms with Gasteiger partial charge in [0.05, 0.1) is 24.0 Å². The van der Waals surface area contributed by atoms with Crippen molar-refractivity contribution in [3.8, 4) is 5.75 Å². The number of urea groups is 1. The second-order valence-electron chi connectivity index (χ2n) is 9.89. The highest BCUT2D eigenvalue weighted by atomic mass is 79.9. The number of amides is 3. The van der Waals surface area contributed by atoms with Crippen LogP contribution in [0.15, 0.2) is 59.5 Å². The number of rotatable bonds is 7. The van der Waals surface area contributed by atoms with Crippen molar-refractivity contribution in [1.82, 2.24) is 15.3 Å². The van der Waals surface area contributed by atoms with E-state index in [4.69, 9.17) is 11.6 Å². The lowest BCUT2D eigenvalue weighted by atomic mass is 9.95. The Morgan fingerprint density at radius 2 is 1.90 bits per heavy atom. The van der Waals surface area contributed by atoms with Crippen LogP contribution in [0, 0.1) is 0 Å². The summed E-state index contributed by atoms with van der Waals surface area (Å²) in [5.41, 5.74) is -0.929. The van der Waals surface area contributed by atoms with Gasteiger partial charge in [-0.2, -0.15) is 0 Å². The zero-order valence-corrected chi connectivity index (χ0v) is 23.8. The second-order valence-corrected chi connectivity index (χ2v) is 11.2. The first kappa shape index (κ1) is 28.0. The van der Waals surface area contributed by atoms with E-state index in [0.717, 1.165) is 28.6 Å².